The van der Waals surface area contributed by atoms with Gasteiger partial charge in [-0.05, 0) is 136 Å². The average Bonchev–Trinajstić information content (AvgIpc) is 3.28. The summed E-state index contributed by atoms with van der Waals surface area (Å²) in [6.45, 7) is 5.71. The van der Waals surface area contributed by atoms with Crippen LogP contribution in [0, 0.1) is 5.92 Å². The molecular weight excluding hydrogens is 825 g/mol. The maximum Gasteiger partial charge on any atom is 0.340 e. The van der Waals surface area contributed by atoms with Gasteiger partial charge in [0.05, 0.1) is 18.8 Å². The first-order chi connectivity index (χ1) is 31.4. The molecule has 3 N–H and O–H groups in total. The first kappa shape index (κ1) is 46.0. The van der Waals surface area contributed by atoms with Crippen LogP contribution in [0.15, 0.2) is 111 Å². The molecule has 4 aromatic carbocycles. The van der Waals surface area contributed by atoms with Crippen molar-refractivity contribution in [1.82, 2.24) is 0 Å². The summed E-state index contributed by atoms with van der Waals surface area (Å²) in [6, 6.07) is 31.2. The van der Waals surface area contributed by atoms with E-state index in [1.807, 2.05) is 19.9 Å². The van der Waals surface area contributed by atoms with Gasteiger partial charge in [-0.1, -0.05) is 84.4 Å². The minimum atomic E-state index is -1.28. The van der Waals surface area contributed by atoms with Gasteiger partial charge < -0.3 is 38.7 Å². The van der Waals surface area contributed by atoms with Gasteiger partial charge >= 0.3 is 17.6 Å². The van der Waals surface area contributed by atoms with Crippen molar-refractivity contribution in [3.05, 3.63) is 157 Å². The van der Waals surface area contributed by atoms with Crippen molar-refractivity contribution in [2.24, 2.45) is 5.92 Å². The Bertz CT molecular complexity index is 2590. The SMILES string of the molecule is CC(C)=C1CCc2ccc(cc2)C2CCC(c3cccc(Cc4ccccc4)c3)CC2CC(=O)OC2c3c(ccc4c(CO)c(C(CCO)COCO)c(=O)oc34)OC(C)(C)C2OC1=O. The Kier molecular flexibility index (Phi) is 14.1. The Morgan fingerprint density at radius 1 is 0.846 bits per heavy atom. The Morgan fingerprint density at radius 3 is 2.34 bits per heavy atom. The highest BCUT2D eigenvalue weighted by Crippen LogP contribution is 2.50. The number of hydrogen-bond acceptors (Lipinski definition) is 11. The van der Waals surface area contributed by atoms with E-state index in [0.717, 1.165) is 42.4 Å². The highest BCUT2D eigenvalue weighted by atomic mass is 16.6. The second kappa shape index (κ2) is 19.9. The van der Waals surface area contributed by atoms with Gasteiger partial charge in [0.25, 0.3) is 0 Å². The lowest BCUT2D eigenvalue weighted by molar-refractivity contribution is -0.188. The summed E-state index contributed by atoms with van der Waals surface area (Å²) in [7, 11) is 0. The van der Waals surface area contributed by atoms with Gasteiger partial charge in [-0.3, -0.25) is 4.79 Å². The molecule has 2 bridgehead atoms. The third-order valence-corrected chi connectivity index (χ3v) is 13.8. The molecule has 1 aliphatic carbocycles. The number of aliphatic hydroxyl groups is 3. The topological polar surface area (TPSA) is 162 Å². The standard InChI is InChI=1S/C54H60O11/c1-32(2)41-19-15-33-13-16-36(17-14-33)42-20-18-38(37-12-8-11-35(26-37)25-34-9-6-5-7-10-34)27-40(42)28-46(58)62-50-48-45(65-54(3,4)51(50)64-52(41)59)22-21-43-44(29-56)47(53(60)63-49(43)48)39(23-24-55)30-61-31-57/h5-14,16-17,21-22,26,38-40,42,50-51,55-57H,15,18-20,23-25,27-31H2,1-4H3. The van der Waals surface area contributed by atoms with Gasteiger partial charge in [-0.15, -0.1) is 0 Å². The molecule has 0 saturated heterocycles. The summed E-state index contributed by atoms with van der Waals surface area (Å²) in [6.07, 6.45) is 2.15. The minimum Gasteiger partial charge on any atom is -0.483 e. The number of fused-ring (bicyclic) bond motifs is 11. The predicted octanol–water partition coefficient (Wildman–Crippen LogP) is 9.02. The Hall–Kier alpha value is -5.59. The molecule has 3 aliphatic heterocycles. The third-order valence-electron chi connectivity index (χ3n) is 13.8. The van der Waals surface area contributed by atoms with Crippen molar-refractivity contribution in [2.45, 2.75) is 121 Å². The number of allylic oxidation sites excluding steroid dienone is 1. The fourth-order valence-electron chi connectivity index (χ4n) is 10.5. The van der Waals surface area contributed by atoms with E-state index in [2.05, 4.69) is 72.8 Å². The Labute approximate surface area is 380 Å². The van der Waals surface area contributed by atoms with Gasteiger partial charge in [0.2, 0.25) is 0 Å². The van der Waals surface area contributed by atoms with Crippen LogP contribution in [0.25, 0.3) is 11.0 Å². The molecule has 4 heterocycles. The van der Waals surface area contributed by atoms with Gasteiger partial charge in [-0.25, -0.2) is 9.59 Å². The zero-order valence-electron chi connectivity index (χ0n) is 37.7. The van der Waals surface area contributed by atoms with Crippen LogP contribution in [0.5, 0.6) is 5.75 Å². The molecule has 1 saturated carbocycles. The second-order valence-electron chi connectivity index (χ2n) is 18.7. The predicted molar refractivity (Wildman–Crippen MR) is 246 cm³/mol. The van der Waals surface area contributed by atoms with E-state index in [4.69, 9.17) is 23.4 Å². The largest absolute Gasteiger partial charge is 0.483 e. The van der Waals surface area contributed by atoms with E-state index in [1.54, 1.807) is 26.0 Å². The lowest BCUT2D eigenvalue weighted by Crippen LogP contribution is -2.52. The van der Waals surface area contributed by atoms with Crippen molar-refractivity contribution in [1.29, 1.82) is 0 Å². The maximum absolute atomic E-state index is 14.9. The third kappa shape index (κ3) is 9.84. The maximum atomic E-state index is 14.9. The average molecular weight is 885 g/mol. The van der Waals surface area contributed by atoms with E-state index >= 15 is 0 Å². The first-order valence-electron chi connectivity index (χ1n) is 22.9. The van der Waals surface area contributed by atoms with E-state index in [1.165, 1.54) is 16.7 Å². The molecule has 0 radical (unpaired) electrons. The Morgan fingerprint density at radius 2 is 1.62 bits per heavy atom. The molecule has 342 valence electrons. The molecule has 11 heteroatoms. The molecule has 6 unspecified atom stereocenters. The summed E-state index contributed by atoms with van der Waals surface area (Å²) in [4.78, 5) is 43.3. The number of carbonyl (C=O) groups is 2. The summed E-state index contributed by atoms with van der Waals surface area (Å²) >= 11 is 0. The Balaban J connectivity index is 1.22. The van der Waals surface area contributed by atoms with Crippen LogP contribution in [0.2, 0.25) is 0 Å². The van der Waals surface area contributed by atoms with Crippen LogP contribution in [-0.2, 0) is 43.2 Å². The number of ether oxygens (including phenoxy) is 4. The van der Waals surface area contributed by atoms with Crippen molar-refractivity contribution < 1.29 is 48.3 Å². The van der Waals surface area contributed by atoms with Crippen LogP contribution in [0.1, 0.15) is 135 Å². The van der Waals surface area contributed by atoms with Gasteiger partial charge in [0.15, 0.2) is 12.2 Å². The summed E-state index contributed by atoms with van der Waals surface area (Å²) in [5.74, 6) is -1.31. The number of aliphatic hydroxyl groups excluding tert-OH is 3. The molecule has 65 heavy (non-hydrogen) atoms. The zero-order chi connectivity index (χ0) is 45.8. The van der Waals surface area contributed by atoms with Gasteiger partial charge in [0, 0.05) is 35.5 Å². The highest BCUT2D eigenvalue weighted by Gasteiger charge is 2.51. The molecule has 9 rings (SSSR count). The quantitative estimate of drug-likeness (QED) is 0.0531. The van der Waals surface area contributed by atoms with Crippen LogP contribution in [0.4, 0.5) is 0 Å². The number of aryl methyl sites for hydroxylation is 1. The van der Waals surface area contributed by atoms with E-state index in [9.17, 15) is 29.7 Å². The van der Waals surface area contributed by atoms with E-state index < -0.39 is 54.7 Å². The normalized spacial score (nSPS) is 22.5. The minimum absolute atomic E-state index is 0.0165. The lowest BCUT2D eigenvalue weighted by Gasteiger charge is -2.44. The van der Waals surface area contributed by atoms with Crippen molar-refractivity contribution in [3.8, 4) is 5.75 Å². The van der Waals surface area contributed by atoms with Crippen LogP contribution in [0.3, 0.4) is 0 Å². The monoisotopic (exact) mass is 884 g/mol. The van der Waals surface area contributed by atoms with Crippen LogP contribution < -0.4 is 10.4 Å². The highest BCUT2D eigenvalue weighted by molar-refractivity contribution is 5.90. The number of carbonyl (C=O) groups excluding carboxylic acids is 2. The molecule has 1 aromatic heterocycles. The summed E-state index contributed by atoms with van der Waals surface area (Å²) < 4.78 is 31.1. The fraction of sp³-hybridized carbons (Fsp3) is 0.426. The molecule has 6 atom stereocenters. The molecule has 0 spiro atoms. The number of rotatable bonds is 10. The number of benzene rings is 4. The fourth-order valence-corrected chi connectivity index (χ4v) is 10.5. The number of esters is 2. The summed E-state index contributed by atoms with van der Waals surface area (Å²) in [5.41, 5.74) is 5.80. The zero-order valence-corrected chi connectivity index (χ0v) is 37.7. The second-order valence-corrected chi connectivity index (χ2v) is 18.7. The smallest absolute Gasteiger partial charge is 0.340 e. The summed E-state index contributed by atoms with van der Waals surface area (Å²) in [5, 5.41) is 30.5. The molecular formula is C54H60O11. The van der Waals surface area contributed by atoms with Gasteiger partial charge in [0.1, 0.15) is 23.7 Å². The van der Waals surface area contributed by atoms with E-state index in [0.29, 0.717) is 23.8 Å². The lowest BCUT2D eigenvalue weighted by atomic mass is 9.68. The van der Waals surface area contributed by atoms with E-state index in [-0.39, 0.29) is 71.8 Å². The van der Waals surface area contributed by atoms with Gasteiger partial charge in [-0.2, -0.15) is 0 Å². The van der Waals surface area contributed by atoms with Crippen molar-refractivity contribution >= 4 is 22.9 Å². The van der Waals surface area contributed by atoms with Crippen molar-refractivity contribution in [3.63, 3.8) is 0 Å². The molecule has 5 aromatic rings. The molecule has 4 aliphatic rings. The molecule has 1 fully saturated rings. The molecule has 0 amide bonds. The van der Waals surface area contributed by atoms with Crippen molar-refractivity contribution in [2.75, 3.05) is 20.0 Å². The first-order valence-corrected chi connectivity index (χ1v) is 22.9. The number of hydrogen-bond donors (Lipinski definition) is 3. The molecule has 11 nitrogen and oxygen atoms in total. The van der Waals surface area contributed by atoms with Crippen LogP contribution >= 0.6 is 0 Å². The van der Waals surface area contributed by atoms with Crippen LogP contribution in [-0.4, -0.2) is 59.0 Å².